The van der Waals surface area contributed by atoms with Crippen LogP contribution >= 0.6 is 15.9 Å². The second kappa shape index (κ2) is 6.80. The lowest BCUT2D eigenvalue weighted by atomic mass is 9.63. The molecule has 0 radical (unpaired) electrons. The number of imide groups is 1. The number of allylic oxidation sites excluding steroid dienone is 2. The molecule has 1 saturated carbocycles. The summed E-state index contributed by atoms with van der Waals surface area (Å²) in [6, 6.07) is 10.1. The fourth-order valence-electron chi connectivity index (χ4n) is 5.22. The summed E-state index contributed by atoms with van der Waals surface area (Å²) < 4.78 is 3.15. The first-order valence-corrected chi connectivity index (χ1v) is 10.8. The first-order valence-electron chi connectivity index (χ1n) is 10.0. The number of carbonyl (C=O) groups excluding carboxylic acids is 2. The van der Waals surface area contributed by atoms with Crippen molar-refractivity contribution in [3.05, 3.63) is 63.9 Å². The molecule has 0 unspecified atom stereocenters. The molecule has 1 aromatic heterocycles. The lowest BCUT2D eigenvalue weighted by molar-refractivity contribution is -0.140. The van der Waals surface area contributed by atoms with E-state index in [1.807, 2.05) is 38.1 Å². The van der Waals surface area contributed by atoms with E-state index in [0.717, 1.165) is 45.0 Å². The average molecular weight is 452 g/mol. The van der Waals surface area contributed by atoms with Gasteiger partial charge in [-0.1, -0.05) is 34.1 Å². The van der Waals surface area contributed by atoms with E-state index >= 15 is 0 Å². The molecule has 2 bridgehead atoms. The molecule has 4 aliphatic rings. The maximum absolute atomic E-state index is 12.9. The van der Waals surface area contributed by atoms with Crippen LogP contribution in [0.1, 0.15) is 29.8 Å². The van der Waals surface area contributed by atoms with Gasteiger partial charge in [0.1, 0.15) is 0 Å². The van der Waals surface area contributed by atoms with Gasteiger partial charge < -0.3 is 4.57 Å². The Bertz CT molecular complexity index is 1050. The number of hydrogen-bond donors (Lipinski definition) is 0. The van der Waals surface area contributed by atoms with Gasteiger partial charge in [0, 0.05) is 27.1 Å². The summed E-state index contributed by atoms with van der Waals surface area (Å²) in [6.45, 7) is 4.06. The minimum Gasteiger partial charge on any atom is -0.318 e. The molecule has 1 saturated heterocycles. The largest absolute Gasteiger partial charge is 0.318 e. The quantitative estimate of drug-likeness (QED) is 0.394. The van der Waals surface area contributed by atoms with Gasteiger partial charge in [0.05, 0.1) is 18.1 Å². The number of aromatic nitrogens is 1. The zero-order valence-corrected chi connectivity index (χ0v) is 18.0. The average Bonchev–Trinajstić information content (AvgIpc) is 3.15. The molecule has 4 atom stereocenters. The molecule has 1 aliphatic heterocycles. The van der Waals surface area contributed by atoms with Crippen molar-refractivity contribution in [2.45, 2.75) is 26.7 Å². The first-order chi connectivity index (χ1) is 14.0. The Hall–Kier alpha value is -2.47. The van der Waals surface area contributed by atoms with E-state index in [0.29, 0.717) is 0 Å². The molecule has 6 heteroatoms. The zero-order valence-electron chi connectivity index (χ0n) is 16.4. The number of fused-ring (bicyclic) bond motifs is 1. The topological polar surface area (TPSA) is 54.7 Å². The number of hydrogen-bond acceptors (Lipinski definition) is 3. The van der Waals surface area contributed by atoms with E-state index < -0.39 is 0 Å². The van der Waals surface area contributed by atoms with Gasteiger partial charge in [0.2, 0.25) is 0 Å². The fraction of sp³-hybridized carbons (Fsp3) is 0.348. The summed E-state index contributed by atoms with van der Waals surface area (Å²) in [5.41, 5.74) is 4.04. The van der Waals surface area contributed by atoms with Gasteiger partial charge >= 0.3 is 0 Å². The minimum atomic E-state index is -0.225. The van der Waals surface area contributed by atoms with Crippen molar-refractivity contribution in [3.8, 4) is 5.69 Å². The Morgan fingerprint density at radius 1 is 1.03 bits per heavy atom. The predicted molar refractivity (Wildman–Crippen MR) is 115 cm³/mol. The van der Waals surface area contributed by atoms with Crippen LogP contribution in [0, 0.1) is 37.5 Å². The first kappa shape index (κ1) is 18.6. The van der Waals surface area contributed by atoms with E-state index in [4.69, 9.17) is 0 Å². The molecule has 2 amide bonds. The van der Waals surface area contributed by atoms with Crippen molar-refractivity contribution in [2.24, 2.45) is 28.8 Å². The number of rotatable bonds is 3. The third-order valence-corrected chi connectivity index (χ3v) is 7.08. The number of benzene rings is 1. The summed E-state index contributed by atoms with van der Waals surface area (Å²) in [5, 5.41) is 5.49. The third kappa shape index (κ3) is 2.84. The third-order valence-electron chi connectivity index (χ3n) is 6.59. The predicted octanol–water partition coefficient (Wildman–Crippen LogP) is 4.39. The van der Waals surface area contributed by atoms with Crippen LogP contribution in [0.3, 0.4) is 0 Å². The molecule has 2 fully saturated rings. The lowest BCUT2D eigenvalue weighted by Crippen LogP contribution is -2.38. The van der Waals surface area contributed by atoms with E-state index in [1.165, 1.54) is 0 Å². The number of carbonyl (C=O) groups is 2. The van der Waals surface area contributed by atoms with Crippen LogP contribution in [-0.2, 0) is 9.59 Å². The van der Waals surface area contributed by atoms with Crippen molar-refractivity contribution < 1.29 is 9.59 Å². The summed E-state index contributed by atoms with van der Waals surface area (Å²) >= 11 is 3.52. The summed E-state index contributed by atoms with van der Waals surface area (Å²) in [7, 11) is 0. The fourth-order valence-corrected chi connectivity index (χ4v) is 5.61. The van der Waals surface area contributed by atoms with Gasteiger partial charge in [-0.05, 0) is 62.8 Å². The van der Waals surface area contributed by atoms with Crippen molar-refractivity contribution >= 4 is 34.0 Å². The van der Waals surface area contributed by atoms with E-state index in [2.05, 4.69) is 43.8 Å². The molecule has 1 aromatic carbocycles. The molecular weight excluding hydrogens is 430 g/mol. The Labute approximate surface area is 178 Å². The number of halogens is 1. The second-order valence-corrected chi connectivity index (χ2v) is 9.13. The van der Waals surface area contributed by atoms with Crippen molar-refractivity contribution in [1.29, 1.82) is 0 Å². The summed E-state index contributed by atoms with van der Waals surface area (Å²) in [6.07, 6.45) is 7.89. The molecule has 5 nitrogen and oxygen atoms in total. The zero-order chi connectivity index (χ0) is 20.3. The van der Waals surface area contributed by atoms with Crippen LogP contribution in [0.25, 0.3) is 5.69 Å². The molecule has 6 rings (SSSR count). The van der Waals surface area contributed by atoms with Gasteiger partial charge in [-0.15, -0.1) is 0 Å². The van der Waals surface area contributed by atoms with Crippen LogP contribution < -0.4 is 0 Å². The second-order valence-electron chi connectivity index (χ2n) is 8.22. The molecule has 3 aliphatic carbocycles. The normalized spacial score (nSPS) is 28.0. The Morgan fingerprint density at radius 2 is 1.69 bits per heavy atom. The highest BCUT2D eigenvalue weighted by Crippen LogP contribution is 2.49. The van der Waals surface area contributed by atoms with Gasteiger partial charge in [0.25, 0.3) is 11.8 Å². The Morgan fingerprint density at radius 3 is 2.28 bits per heavy atom. The summed E-state index contributed by atoms with van der Waals surface area (Å²) in [4.78, 5) is 25.8. The molecule has 2 aromatic rings. The number of hydrazone groups is 1. The van der Waals surface area contributed by atoms with Gasteiger partial charge in [-0.2, -0.15) is 10.1 Å². The highest BCUT2D eigenvalue weighted by Gasteiger charge is 2.56. The molecule has 2 heterocycles. The smallest absolute Gasteiger partial charge is 0.254 e. The molecule has 29 heavy (non-hydrogen) atoms. The van der Waals surface area contributed by atoms with Gasteiger partial charge in [0.15, 0.2) is 0 Å². The number of nitrogens with zero attached hydrogens (tertiary/aromatic N) is 3. The van der Waals surface area contributed by atoms with E-state index in [-0.39, 0.29) is 35.5 Å². The highest BCUT2D eigenvalue weighted by molar-refractivity contribution is 9.10. The SMILES string of the molecule is Cc1cc(/C=N\N2C(=O)[C@@H]3[C@H](C2=O)[C@H]2C=C[C@H]3CC2)c(C)n1-c1cccc(Br)c1. The van der Waals surface area contributed by atoms with Gasteiger partial charge in [-0.25, -0.2) is 0 Å². The van der Waals surface area contributed by atoms with E-state index in [9.17, 15) is 9.59 Å². The maximum Gasteiger partial charge on any atom is 0.254 e. The van der Waals surface area contributed by atoms with Crippen molar-refractivity contribution in [3.63, 3.8) is 0 Å². The molecule has 0 spiro atoms. The number of amides is 2. The van der Waals surface area contributed by atoms with Crippen LogP contribution in [-0.4, -0.2) is 27.6 Å². The van der Waals surface area contributed by atoms with Crippen LogP contribution in [0.2, 0.25) is 0 Å². The van der Waals surface area contributed by atoms with Crippen molar-refractivity contribution in [1.82, 2.24) is 9.58 Å². The minimum absolute atomic E-state index is 0.143. The molecule has 148 valence electrons. The molecule has 0 N–H and O–H groups in total. The monoisotopic (exact) mass is 451 g/mol. The van der Waals surface area contributed by atoms with Crippen molar-refractivity contribution in [2.75, 3.05) is 0 Å². The Kier molecular flexibility index (Phi) is 4.35. The highest BCUT2D eigenvalue weighted by atomic mass is 79.9. The lowest BCUT2D eigenvalue weighted by Gasteiger charge is -2.37. The standard InChI is InChI=1S/C23H22BrN3O2/c1-13-10-17(14(2)26(13)19-5-3-4-18(24)11-19)12-25-27-22(28)20-15-6-7-16(9-8-15)21(20)23(27)29/h3-7,10-12,15-16,20-21H,8-9H2,1-2H3/b25-12-/t15-,16-,20-,21+/m0/s1. The molecular formula is C23H22BrN3O2. The Balaban J connectivity index is 1.45. The summed E-state index contributed by atoms with van der Waals surface area (Å²) in [5.74, 6) is -0.367. The van der Waals surface area contributed by atoms with Crippen LogP contribution in [0.4, 0.5) is 0 Å². The van der Waals surface area contributed by atoms with Crippen LogP contribution in [0.15, 0.2) is 52.1 Å². The van der Waals surface area contributed by atoms with E-state index in [1.54, 1.807) is 6.21 Å². The van der Waals surface area contributed by atoms with Crippen LogP contribution in [0.5, 0.6) is 0 Å². The maximum atomic E-state index is 12.9. The number of aryl methyl sites for hydroxylation is 1. The van der Waals surface area contributed by atoms with Gasteiger partial charge in [-0.3, -0.25) is 9.59 Å².